The molecule has 62 valence electrons. The number of pyridine rings is 1. The van der Waals surface area contributed by atoms with Crippen LogP contribution >= 0.6 is 0 Å². The fourth-order valence-corrected chi connectivity index (χ4v) is 0.609. The summed E-state index contributed by atoms with van der Waals surface area (Å²) < 4.78 is 1.65. The molecule has 1 rings (SSSR count). The molecule has 1 aromatic heterocycles. The van der Waals surface area contributed by atoms with E-state index in [4.69, 9.17) is 4.84 Å². The maximum atomic E-state index is 4.89. The zero-order chi connectivity index (χ0) is 8.69. The SMILES string of the molecule is CC.CO[n+]1ccc(C)cc1. The summed E-state index contributed by atoms with van der Waals surface area (Å²) in [6, 6.07) is 3.98. The summed E-state index contributed by atoms with van der Waals surface area (Å²) in [7, 11) is 1.63. The van der Waals surface area contributed by atoms with E-state index < -0.39 is 0 Å². The van der Waals surface area contributed by atoms with E-state index in [0.717, 1.165) is 0 Å². The highest BCUT2D eigenvalue weighted by molar-refractivity contribution is 5.02. The first kappa shape index (κ1) is 9.95. The zero-order valence-corrected chi connectivity index (χ0v) is 7.66. The van der Waals surface area contributed by atoms with Crippen molar-refractivity contribution in [3.63, 3.8) is 0 Å². The van der Waals surface area contributed by atoms with Crippen LogP contribution in [-0.4, -0.2) is 7.11 Å². The van der Waals surface area contributed by atoms with Gasteiger partial charge in [0.15, 0.2) is 0 Å². The highest BCUT2D eigenvalue weighted by Crippen LogP contribution is 1.87. The van der Waals surface area contributed by atoms with Crippen molar-refractivity contribution in [3.05, 3.63) is 30.1 Å². The van der Waals surface area contributed by atoms with E-state index in [-0.39, 0.29) is 0 Å². The van der Waals surface area contributed by atoms with Gasteiger partial charge in [-0.3, -0.25) is 4.84 Å². The van der Waals surface area contributed by atoms with Crippen LogP contribution in [0.25, 0.3) is 0 Å². The van der Waals surface area contributed by atoms with Crippen molar-refractivity contribution in [1.82, 2.24) is 0 Å². The Morgan fingerprint density at radius 1 is 1.18 bits per heavy atom. The third-order valence-electron chi connectivity index (χ3n) is 1.18. The van der Waals surface area contributed by atoms with Crippen LogP contribution in [0.3, 0.4) is 0 Å². The summed E-state index contributed by atoms with van der Waals surface area (Å²) >= 11 is 0. The van der Waals surface area contributed by atoms with Gasteiger partial charge in [-0.25, -0.2) is 0 Å². The van der Waals surface area contributed by atoms with Crippen molar-refractivity contribution in [2.75, 3.05) is 7.11 Å². The minimum absolute atomic E-state index is 1.24. The molecule has 0 atom stereocenters. The largest absolute Gasteiger partial charge is 0.275 e. The molecule has 1 aromatic rings. The van der Waals surface area contributed by atoms with E-state index >= 15 is 0 Å². The van der Waals surface area contributed by atoms with E-state index in [1.807, 2.05) is 45.3 Å². The minimum atomic E-state index is 1.24. The summed E-state index contributed by atoms with van der Waals surface area (Å²) in [6.07, 6.45) is 3.74. The summed E-state index contributed by atoms with van der Waals surface area (Å²) in [5.74, 6) is 0. The standard InChI is InChI=1S/C7H10NO.C2H6/c1-7-3-5-8(9-2)6-4-7;1-2/h3-6H,1-2H3;1-2H3/q+1;. The van der Waals surface area contributed by atoms with Gasteiger partial charge in [0.2, 0.25) is 12.4 Å². The number of hydrogen-bond donors (Lipinski definition) is 0. The van der Waals surface area contributed by atoms with Crippen molar-refractivity contribution in [1.29, 1.82) is 0 Å². The van der Waals surface area contributed by atoms with Gasteiger partial charge >= 0.3 is 0 Å². The number of hydrogen-bond acceptors (Lipinski definition) is 1. The molecular formula is C9H16NO+. The van der Waals surface area contributed by atoms with Crippen LogP contribution in [-0.2, 0) is 0 Å². The summed E-state index contributed by atoms with van der Waals surface area (Å²) in [6.45, 7) is 6.04. The number of aromatic nitrogens is 1. The van der Waals surface area contributed by atoms with Gasteiger partial charge in [0.05, 0.1) is 0 Å². The van der Waals surface area contributed by atoms with Gasteiger partial charge in [-0.1, -0.05) is 13.8 Å². The quantitative estimate of drug-likeness (QED) is 0.557. The second-order valence-corrected chi connectivity index (χ2v) is 1.92. The Morgan fingerprint density at radius 3 is 2.00 bits per heavy atom. The molecule has 0 aliphatic carbocycles. The average Bonchev–Trinajstić information content (AvgIpc) is 2.10. The first-order valence-electron chi connectivity index (χ1n) is 3.85. The maximum absolute atomic E-state index is 4.89. The molecule has 2 nitrogen and oxygen atoms in total. The van der Waals surface area contributed by atoms with Crippen LogP contribution < -0.4 is 9.57 Å². The van der Waals surface area contributed by atoms with Gasteiger partial charge in [0, 0.05) is 16.9 Å². The van der Waals surface area contributed by atoms with Crippen LogP contribution in [0.2, 0.25) is 0 Å². The third-order valence-corrected chi connectivity index (χ3v) is 1.18. The first-order chi connectivity index (χ1) is 5.33. The highest BCUT2D eigenvalue weighted by atomic mass is 16.6. The van der Waals surface area contributed by atoms with Crippen LogP contribution in [0.5, 0.6) is 0 Å². The molecule has 0 unspecified atom stereocenters. The first-order valence-corrected chi connectivity index (χ1v) is 3.85. The lowest BCUT2D eigenvalue weighted by molar-refractivity contribution is -0.885. The number of aryl methyl sites for hydroxylation is 1. The predicted octanol–water partition coefficient (Wildman–Crippen LogP) is 1.37. The lowest BCUT2D eigenvalue weighted by Crippen LogP contribution is -2.39. The van der Waals surface area contributed by atoms with Crippen molar-refractivity contribution < 1.29 is 9.57 Å². The van der Waals surface area contributed by atoms with Crippen molar-refractivity contribution in [2.24, 2.45) is 0 Å². The summed E-state index contributed by atoms with van der Waals surface area (Å²) in [4.78, 5) is 4.89. The normalized spacial score (nSPS) is 8.00. The fraction of sp³-hybridized carbons (Fsp3) is 0.444. The summed E-state index contributed by atoms with van der Waals surface area (Å²) in [5.41, 5.74) is 1.24. The molecule has 0 aliphatic rings. The topological polar surface area (TPSA) is 13.1 Å². The molecule has 0 bridgehead atoms. The van der Waals surface area contributed by atoms with Crippen LogP contribution in [0.4, 0.5) is 0 Å². The molecule has 0 aromatic carbocycles. The average molecular weight is 154 g/mol. The molecular weight excluding hydrogens is 138 g/mol. The van der Waals surface area contributed by atoms with E-state index in [9.17, 15) is 0 Å². The molecule has 0 amide bonds. The molecule has 0 N–H and O–H groups in total. The Bertz CT molecular complexity index is 181. The van der Waals surface area contributed by atoms with E-state index in [2.05, 4.69) is 0 Å². The van der Waals surface area contributed by atoms with Gasteiger partial charge in [0.25, 0.3) is 0 Å². The molecule has 0 fully saturated rings. The Kier molecular flexibility index (Phi) is 5.17. The lowest BCUT2D eigenvalue weighted by Gasteiger charge is -1.88. The Balaban J connectivity index is 0.000000461. The van der Waals surface area contributed by atoms with Crippen molar-refractivity contribution >= 4 is 0 Å². The lowest BCUT2D eigenvalue weighted by atomic mass is 10.3. The third kappa shape index (κ3) is 3.61. The van der Waals surface area contributed by atoms with Crippen LogP contribution in [0.1, 0.15) is 19.4 Å². The molecule has 1 heterocycles. The van der Waals surface area contributed by atoms with E-state index in [1.54, 1.807) is 11.8 Å². The number of rotatable bonds is 1. The molecule has 0 radical (unpaired) electrons. The second-order valence-electron chi connectivity index (χ2n) is 1.92. The zero-order valence-electron chi connectivity index (χ0n) is 7.66. The second kappa shape index (κ2) is 5.71. The van der Waals surface area contributed by atoms with Crippen LogP contribution in [0, 0.1) is 6.92 Å². The molecule has 0 saturated heterocycles. The van der Waals surface area contributed by atoms with Gasteiger partial charge in [-0.05, 0) is 12.5 Å². The van der Waals surface area contributed by atoms with E-state index in [1.165, 1.54) is 5.56 Å². The van der Waals surface area contributed by atoms with E-state index in [0.29, 0.717) is 0 Å². The van der Waals surface area contributed by atoms with Crippen molar-refractivity contribution in [2.45, 2.75) is 20.8 Å². The minimum Gasteiger partial charge on any atom is -0.275 e. The number of nitrogens with zero attached hydrogens (tertiary/aromatic N) is 1. The Labute approximate surface area is 68.4 Å². The van der Waals surface area contributed by atoms with Gasteiger partial charge in [-0.2, -0.15) is 0 Å². The molecule has 2 heteroatoms. The van der Waals surface area contributed by atoms with Gasteiger partial charge < -0.3 is 0 Å². The Morgan fingerprint density at radius 2 is 1.64 bits per heavy atom. The van der Waals surface area contributed by atoms with Crippen LogP contribution in [0.15, 0.2) is 24.5 Å². The molecule has 0 saturated carbocycles. The molecule has 11 heavy (non-hydrogen) atoms. The smallest absolute Gasteiger partial charge is 0.222 e. The monoisotopic (exact) mass is 154 g/mol. The Hall–Kier alpha value is -1.05. The fourth-order valence-electron chi connectivity index (χ4n) is 0.609. The molecule has 0 spiro atoms. The highest BCUT2D eigenvalue weighted by Gasteiger charge is 1.93. The molecule has 0 aliphatic heterocycles. The van der Waals surface area contributed by atoms with Gasteiger partial charge in [0.1, 0.15) is 7.11 Å². The van der Waals surface area contributed by atoms with Gasteiger partial charge in [-0.15, -0.1) is 0 Å². The predicted molar refractivity (Wildman–Crippen MR) is 45.2 cm³/mol. The van der Waals surface area contributed by atoms with Crippen molar-refractivity contribution in [3.8, 4) is 0 Å². The maximum Gasteiger partial charge on any atom is 0.222 e. The summed E-state index contributed by atoms with van der Waals surface area (Å²) in [5, 5.41) is 0.